The number of pyridine rings is 1. The molecule has 1 aromatic heterocycles. The maximum absolute atomic E-state index is 11.5. The second-order valence-electron chi connectivity index (χ2n) is 7.10. The summed E-state index contributed by atoms with van der Waals surface area (Å²) in [5.74, 6) is 0.637. The Kier molecular flexibility index (Phi) is 5.94. The van der Waals surface area contributed by atoms with E-state index in [1.165, 1.54) is 0 Å². The van der Waals surface area contributed by atoms with Gasteiger partial charge in [-0.05, 0) is 22.9 Å². The zero-order chi connectivity index (χ0) is 20.2. The predicted octanol–water partition coefficient (Wildman–Crippen LogP) is 2.73. The molecule has 0 radical (unpaired) electrons. The molecular weight excluding hydrogens is 390 g/mol. The molecule has 0 aliphatic carbocycles. The zero-order valence-corrected chi connectivity index (χ0v) is 16.6. The second-order valence-corrected chi connectivity index (χ2v) is 7.54. The number of rotatable bonds is 6. The molecule has 1 saturated heterocycles. The van der Waals surface area contributed by atoms with E-state index in [0.29, 0.717) is 30.4 Å². The van der Waals surface area contributed by atoms with Gasteiger partial charge in [-0.1, -0.05) is 41.9 Å². The van der Waals surface area contributed by atoms with E-state index >= 15 is 0 Å². The van der Waals surface area contributed by atoms with E-state index in [0.717, 1.165) is 28.4 Å². The summed E-state index contributed by atoms with van der Waals surface area (Å²) >= 11 is 6.16. The summed E-state index contributed by atoms with van der Waals surface area (Å²) in [7, 11) is 0. The van der Waals surface area contributed by atoms with E-state index in [2.05, 4.69) is 10.3 Å². The largest absolute Gasteiger partial charge is 0.490 e. The van der Waals surface area contributed by atoms with Crippen molar-refractivity contribution in [1.29, 1.82) is 0 Å². The first kappa shape index (κ1) is 19.6. The average Bonchev–Trinajstić information content (AvgIpc) is 2.72. The molecule has 0 bridgehead atoms. The fraction of sp³-hybridized carbons (Fsp3) is 0.273. The number of amides is 1. The third kappa shape index (κ3) is 4.67. The molecule has 1 atom stereocenters. The molecule has 0 spiro atoms. The topological polar surface area (TPSA) is 74.7 Å². The second kappa shape index (κ2) is 8.78. The third-order valence-corrected chi connectivity index (χ3v) is 5.11. The molecule has 1 aliphatic heterocycles. The minimum absolute atomic E-state index is 0.0189. The number of hydrogen-bond acceptors (Lipinski definition) is 5. The van der Waals surface area contributed by atoms with Crippen LogP contribution in [0.3, 0.4) is 0 Å². The van der Waals surface area contributed by atoms with Crippen LogP contribution in [0, 0.1) is 0 Å². The molecule has 2 N–H and O–H groups in total. The lowest BCUT2D eigenvalue weighted by molar-refractivity contribution is -0.124. The molecule has 2 aromatic carbocycles. The fourth-order valence-corrected chi connectivity index (χ4v) is 3.78. The Morgan fingerprint density at radius 2 is 2.10 bits per heavy atom. The van der Waals surface area contributed by atoms with Crippen LogP contribution in [0.25, 0.3) is 21.9 Å². The van der Waals surface area contributed by atoms with Crippen molar-refractivity contribution in [2.24, 2.45) is 0 Å². The van der Waals surface area contributed by atoms with Crippen LogP contribution in [-0.2, 0) is 4.79 Å². The van der Waals surface area contributed by atoms with Crippen LogP contribution < -0.4 is 10.1 Å². The Hall–Kier alpha value is -2.67. The molecule has 1 fully saturated rings. The Labute approximate surface area is 174 Å². The Morgan fingerprint density at radius 1 is 1.24 bits per heavy atom. The van der Waals surface area contributed by atoms with Gasteiger partial charge in [0.2, 0.25) is 5.91 Å². The van der Waals surface area contributed by atoms with Crippen LogP contribution >= 0.6 is 11.6 Å². The number of nitrogens with zero attached hydrogens (tertiary/aromatic N) is 2. The highest BCUT2D eigenvalue weighted by atomic mass is 35.5. The van der Waals surface area contributed by atoms with Gasteiger partial charge in [0.05, 0.1) is 11.6 Å². The van der Waals surface area contributed by atoms with E-state index in [1.807, 2.05) is 47.4 Å². The molecule has 1 amide bonds. The number of fused-ring (bicyclic) bond motifs is 1. The number of aromatic nitrogens is 1. The summed E-state index contributed by atoms with van der Waals surface area (Å²) < 4.78 is 6.02. The van der Waals surface area contributed by atoms with Crippen LogP contribution in [0.1, 0.15) is 0 Å². The Balaban J connectivity index is 1.57. The van der Waals surface area contributed by atoms with Gasteiger partial charge in [-0.15, -0.1) is 0 Å². The maximum atomic E-state index is 11.5. The molecule has 150 valence electrons. The molecule has 3 aromatic rings. The summed E-state index contributed by atoms with van der Waals surface area (Å²) in [5.41, 5.74) is 1.74. The number of carbonyl (C=O) groups excluding carboxylic acids is 1. The monoisotopic (exact) mass is 411 g/mol. The van der Waals surface area contributed by atoms with Crippen molar-refractivity contribution in [3.63, 3.8) is 0 Å². The van der Waals surface area contributed by atoms with Crippen LogP contribution in [-0.4, -0.2) is 59.8 Å². The van der Waals surface area contributed by atoms with Gasteiger partial charge in [-0.25, -0.2) is 0 Å². The Morgan fingerprint density at radius 3 is 2.93 bits per heavy atom. The molecule has 1 aliphatic rings. The highest BCUT2D eigenvalue weighted by Crippen LogP contribution is 2.37. The quantitative estimate of drug-likeness (QED) is 0.652. The van der Waals surface area contributed by atoms with E-state index < -0.39 is 6.10 Å². The minimum Gasteiger partial charge on any atom is -0.490 e. The van der Waals surface area contributed by atoms with Crippen molar-refractivity contribution in [3.05, 3.63) is 59.9 Å². The molecule has 2 heterocycles. The van der Waals surface area contributed by atoms with Gasteiger partial charge in [-0.2, -0.15) is 0 Å². The van der Waals surface area contributed by atoms with E-state index in [-0.39, 0.29) is 12.5 Å². The smallest absolute Gasteiger partial charge is 0.234 e. The molecule has 6 nitrogen and oxygen atoms in total. The normalized spacial score (nSPS) is 15.9. The number of hydrogen-bond donors (Lipinski definition) is 2. The Bertz CT molecular complexity index is 1030. The number of ether oxygens (including phenoxy) is 1. The highest BCUT2D eigenvalue weighted by molar-refractivity contribution is 6.30. The van der Waals surface area contributed by atoms with Gasteiger partial charge < -0.3 is 15.2 Å². The van der Waals surface area contributed by atoms with Gasteiger partial charge in [-0.3, -0.25) is 14.7 Å². The number of aliphatic hydroxyl groups excluding tert-OH is 1. The van der Waals surface area contributed by atoms with Crippen molar-refractivity contribution in [3.8, 4) is 16.9 Å². The van der Waals surface area contributed by atoms with Crippen molar-refractivity contribution in [1.82, 2.24) is 15.2 Å². The average molecular weight is 412 g/mol. The van der Waals surface area contributed by atoms with E-state index in [9.17, 15) is 9.90 Å². The van der Waals surface area contributed by atoms with Crippen molar-refractivity contribution in [2.45, 2.75) is 6.10 Å². The minimum atomic E-state index is -0.710. The van der Waals surface area contributed by atoms with Gasteiger partial charge >= 0.3 is 0 Å². The van der Waals surface area contributed by atoms with Crippen molar-refractivity contribution in [2.75, 3.05) is 32.8 Å². The third-order valence-electron chi connectivity index (χ3n) is 4.90. The summed E-state index contributed by atoms with van der Waals surface area (Å²) in [5, 5.41) is 15.9. The van der Waals surface area contributed by atoms with Crippen LogP contribution in [0.4, 0.5) is 0 Å². The standard InChI is InChI=1S/C22H22ClN3O3/c23-17-9-16(10-24-11-17)22-19-4-2-1-3-15(19)5-6-20(22)29-14-18(27)12-26-8-7-25-21(28)13-26/h1-6,9-11,18,27H,7-8,12-14H2,(H,25,28). The maximum Gasteiger partial charge on any atom is 0.234 e. The van der Waals surface area contributed by atoms with Crippen molar-refractivity contribution < 1.29 is 14.6 Å². The zero-order valence-electron chi connectivity index (χ0n) is 15.8. The predicted molar refractivity (Wildman–Crippen MR) is 113 cm³/mol. The summed E-state index contributed by atoms with van der Waals surface area (Å²) in [4.78, 5) is 17.6. The molecule has 4 rings (SSSR count). The van der Waals surface area contributed by atoms with E-state index in [4.69, 9.17) is 16.3 Å². The summed E-state index contributed by atoms with van der Waals surface area (Å²) in [6, 6.07) is 13.8. The van der Waals surface area contributed by atoms with Crippen LogP contribution in [0.5, 0.6) is 5.75 Å². The fourth-order valence-electron chi connectivity index (χ4n) is 3.60. The summed E-state index contributed by atoms with van der Waals surface area (Å²) in [6.07, 6.45) is 2.64. The van der Waals surface area contributed by atoms with Crippen molar-refractivity contribution >= 4 is 28.3 Å². The molecule has 1 unspecified atom stereocenters. The number of nitrogens with one attached hydrogen (secondary N) is 1. The van der Waals surface area contributed by atoms with Gasteiger partial charge in [0, 0.05) is 43.2 Å². The van der Waals surface area contributed by atoms with Gasteiger partial charge in [0.1, 0.15) is 18.5 Å². The number of carbonyl (C=O) groups is 1. The lowest BCUT2D eigenvalue weighted by Crippen LogP contribution is -2.50. The van der Waals surface area contributed by atoms with E-state index in [1.54, 1.807) is 12.4 Å². The first-order valence-corrected chi connectivity index (χ1v) is 9.90. The molecule has 0 saturated carbocycles. The first-order chi connectivity index (χ1) is 14.1. The van der Waals surface area contributed by atoms with Crippen LogP contribution in [0.15, 0.2) is 54.9 Å². The lowest BCUT2D eigenvalue weighted by Gasteiger charge is -2.28. The molecular formula is C22H22ClN3O3. The highest BCUT2D eigenvalue weighted by Gasteiger charge is 2.20. The summed E-state index contributed by atoms with van der Waals surface area (Å²) in [6.45, 7) is 2.13. The lowest BCUT2D eigenvalue weighted by atomic mass is 9.98. The number of β-amino-alcohol motifs (C(OH)–C–C–N with tert-alkyl or cyclic N) is 1. The van der Waals surface area contributed by atoms with Gasteiger partial charge in [0.15, 0.2) is 0 Å². The number of benzene rings is 2. The first-order valence-electron chi connectivity index (χ1n) is 9.53. The van der Waals surface area contributed by atoms with Gasteiger partial charge in [0.25, 0.3) is 0 Å². The molecule has 29 heavy (non-hydrogen) atoms. The molecule has 7 heteroatoms. The SMILES string of the molecule is O=C1CN(CC(O)COc2ccc3ccccc3c2-c2cncc(Cl)c2)CCN1. The number of halogens is 1. The van der Waals surface area contributed by atoms with Crippen LogP contribution in [0.2, 0.25) is 5.02 Å². The number of piperazine rings is 1. The number of aliphatic hydroxyl groups is 1.